The fourth-order valence-electron chi connectivity index (χ4n) is 3.08. The van der Waals surface area contributed by atoms with E-state index in [2.05, 4.69) is 25.9 Å². The van der Waals surface area contributed by atoms with Gasteiger partial charge in [-0.3, -0.25) is 9.78 Å². The first-order valence-electron chi connectivity index (χ1n) is 9.86. The number of pyridine rings is 1. The Kier molecular flexibility index (Phi) is 6.35. The summed E-state index contributed by atoms with van der Waals surface area (Å²) < 4.78 is 20.5. The second kappa shape index (κ2) is 9.69. The van der Waals surface area contributed by atoms with Crippen molar-refractivity contribution in [1.29, 1.82) is 0 Å². The zero-order valence-corrected chi connectivity index (χ0v) is 17.3. The van der Waals surface area contributed by atoms with Gasteiger partial charge in [0.05, 0.1) is 25.4 Å². The lowest BCUT2D eigenvalue weighted by Crippen LogP contribution is -2.33. The maximum absolute atomic E-state index is 13.7. The van der Waals surface area contributed by atoms with E-state index < -0.39 is 12.0 Å². The van der Waals surface area contributed by atoms with E-state index in [0.29, 0.717) is 23.5 Å². The molecule has 0 radical (unpaired) electrons. The van der Waals surface area contributed by atoms with Crippen LogP contribution in [0.2, 0.25) is 0 Å². The molecule has 2 N–H and O–H groups in total. The van der Waals surface area contributed by atoms with Crippen molar-refractivity contribution in [3.8, 4) is 5.75 Å². The van der Waals surface area contributed by atoms with Crippen LogP contribution in [0.25, 0.3) is 0 Å². The van der Waals surface area contributed by atoms with Gasteiger partial charge in [-0.2, -0.15) is 0 Å². The van der Waals surface area contributed by atoms with Crippen molar-refractivity contribution in [1.82, 2.24) is 25.3 Å². The summed E-state index contributed by atoms with van der Waals surface area (Å²) in [7, 11) is 1.62. The van der Waals surface area contributed by atoms with Crippen LogP contribution in [0.1, 0.15) is 27.8 Å². The van der Waals surface area contributed by atoms with Crippen LogP contribution in [0.5, 0.6) is 5.75 Å². The van der Waals surface area contributed by atoms with Crippen LogP contribution in [0.3, 0.4) is 0 Å². The first kappa shape index (κ1) is 21.0. The molecule has 1 atom stereocenters. The number of benzene rings is 2. The number of hydrogen-bond acceptors (Lipinski definition) is 6. The Morgan fingerprint density at radius 1 is 1.16 bits per heavy atom. The molecule has 0 saturated heterocycles. The highest BCUT2D eigenvalue weighted by molar-refractivity contribution is 5.94. The molecule has 0 aliphatic carbocycles. The number of nitrogens with one attached hydrogen (secondary N) is 2. The summed E-state index contributed by atoms with van der Waals surface area (Å²) in [5, 5.41) is 14.4. The number of anilines is 1. The van der Waals surface area contributed by atoms with Crippen LogP contribution in [-0.2, 0) is 6.54 Å². The van der Waals surface area contributed by atoms with Crippen LogP contribution < -0.4 is 15.4 Å². The van der Waals surface area contributed by atoms with E-state index in [-0.39, 0.29) is 5.91 Å². The van der Waals surface area contributed by atoms with E-state index in [0.717, 1.165) is 11.3 Å². The molecule has 2 aromatic heterocycles. The third kappa shape index (κ3) is 5.25. The molecule has 4 aromatic rings. The molecular formula is C23H21FN6O2. The van der Waals surface area contributed by atoms with E-state index in [1.807, 2.05) is 24.3 Å². The molecule has 0 spiro atoms. The quantitative estimate of drug-likeness (QED) is 0.415. The number of aromatic nitrogens is 4. The number of nitrogens with zero attached hydrogens (tertiary/aromatic N) is 4. The van der Waals surface area contributed by atoms with Crippen LogP contribution in [0, 0.1) is 5.82 Å². The Morgan fingerprint density at radius 3 is 2.72 bits per heavy atom. The minimum Gasteiger partial charge on any atom is -0.497 e. The first-order chi connectivity index (χ1) is 15.6. The van der Waals surface area contributed by atoms with Crippen LogP contribution in [0.15, 0.2) is 79.3 Å². The average Bonchev–Trinajstić information content (AvgIpc) is 3.28. The number of rotatable bonds is 8. The van der Waals surface area contributed by atoms with Crippen molar-refractivity contribution in [2.24, 2.45) is 0 Å². The van der Waals surface area contributed by atoms with Crippen LogP contribution >= 0.6 is 0 Å². The summed E-state index contributed by atoms with van der Waals surface area (Å²) in [5.74, 6) is 0.0257. The number of carbonyl (C=O) groups excluding carboxylic acids is 1. The third-order valence-corrected chi connectivity index (χ3v) is 4.69. The van der Waals surface area contributed by atoms with Crippen LogP contribution in [-0.4, -0.2) is 33.0 Å². The lowest BCUT2D eigenvalue weighted by atomic mass is 10.2. The molecule has 1 amide bonds. The van der Waals surface area contributed by atoms with Crippen molar-refractivity contribution in [2.45, 2.75) is 12.7 Å². The molecule has 32 heavy (non-hydrogen) atoms. The first-order valence-corrected chi connectivity index (χ1v) is 9.86. The summed E-state index contributed by atoms with van der Waals surface area (Å²) in [6, 6.07) is 16.9. The molecule has 9 heteroatoms. The number of halogens is 1. The molecule has 0 saturated carbocycles. The van der Waals surface area contributed by atoms with Crippen molar-refractivity contribution in [3.05, 3.63) is 102 Å². The highest BCUT2D eigenvalue weighted by atomic mass is 19.1. The minimum absolute atomic E-state index is 0.350. The Bertz CT molecular complexity index is 1180. The Balaban J connectivity index is 1.55. The summed E-state index contributed by atoms with van der Waals surface area (Å²) in [6.07, 6.45) is 4.04. The SMILES string of the molecule is COc1ccc(Cn2cc(C(NC(=O)c3cccnc3)Nc3cccc(F)c3)nn2)cc1. The molecule has 162 valence electrons. The van der Waals surface area contributed by atoms with Gasteiger partial charge in [-0.1, -0.05) is 23.4 Å². The van der Waals surface area contributed by atoms with E-state index >= 15 is 0 Å². The minimum atomic E-state index is -0.742. The van der Waals surface area contributed by atoms with Gasteiger partial charge >= 0.3 is 0 Å². The van der Waals surface area contributed by atoms with E-state index in [9.17, 15) is 9.18 Å². The topological polar surface area (TPSA) is 94.0 Å². The summed E-state index contributed by atoms with van der Waals surface area (Å²) in [5.41, 5.74) is 2.37. The number of methoxy groups -OCH3 is 1. The van der Waals surface area contributed by atoms with Gasteiger partial charge in [0.2, 0.25) is 0 Å². The van der Waals surface area contributed by atoms with Gasteiger partial charge in [-0.25, -0.2) is 9.07 Å². The smallest absolute Gasteiger partial charge is 0.254 e. The molecule has 8 nitrogen and oxygen atoms in total. The third-order valence-electron chi connectivity index (χ3n) is 4.69. The average molecular weight is 432 g/mol. The summed E-state index contributed by atoms with van der Waals surface area (Å²) >= 11 is 0. The summed E-state index contributed by atoms with van der Waals surface area (Å²) in [6.45, 7) is 0.486. The molecule has 2 heterocycles. The highest BCUT2D eigenvalue weighted by Gasteiger charge is 2.19. The lowest BCUT2D eigenvalue weighted by Gasteiger charge is -2.19. The van der Waals surface area contributed by atoms with Gasteiger partial charge < -0.3 is 15.4 Å². The fraction of sp³-hybridized carbons (Fsp3) is 0.130. The van der Waals surface area contributed by atoms with Crippen LogP contribution in [0.4, 0.5) is 10.1 Å². The number of ether oxygens (including phenoxy) is 1. The lowest BCUT2D eigenvalue weighted by molar-refractivity contribution is 0.0940. The number of hydrogen-bond donors (Lipinski definition) is 2. The molecule has 0 bridgehead atoms. The molecule has 4 rings (SSSR count). The highest BCUT2D eigenvalue weighted by Crippen LogP contribution is 2.18. The largest absolute Gasteiger partial charge is 0.497 e. The molecule has 1 unspecified atom stereocenters. The van der Waals surface area contributed by atoms with Gasteiger partial charge in [0.25, 0.3) is 5.91 Å². The van der Waals surface area contributed by atoms with Gasteiger partial charge in [0.1, 0.15) is 23.4 Å². The predicted octanol–water partition coefficient (Wildman–Crippen LogP) is 3.41. The zero-order valence-electron chi connectivity index (χ0n) is 17.3. The molecule has 0 aliphatic heterocycles. The van der Waals surface area contributed by atoms with Crippen molar-refractivity contribution < 1.29 is 13.9 Å². The number of amides is 1. The fourth-order valence-corrected chi connectivity index (χ4v) is 3.08. The maximum Gasteiger partial charge on any atom is 0.254 e. The standard InChI is InChI=1S/C23H21FN6O2/c1-32-20-9-7-16(8-10-20)14-30-15-21(28-29-30)22(26-19-6-2-5-18(24)12-19)27-23(31)17-4-3-11-25-13-17/h2-13,15,22,26H,14H2,1H3,(H,27,31). The van der Waals surface area contributed by atoms with E-state index in [1.54, 1.807) is 48.5 Å². The Labute approximate surface area is 184 Å². The second-order valence-corrected chi connectivity index (χ2v) is 6.99. The maximum atomic E-state index is 13.7. The molecule has 0 fully saturated rings. The monoisotopic (exact) mass is 432 g/mol. The van der Waals surface area contributed by atoms with Gasteiger partial charge in [0.15, 0.2) is 0 Å². The molecular weight excluding hydrogens is 411 g/mol. The zero-order chi connectivity index (χ0) is 22.3. The summed E-state index contributed by atoms with van der Waals surface area (Å²) in [4.78, 5) is 16.7. The molecule has 0 aliphatic rings. The molecule has 2 aromatic carbocycles. The van der Waals surface area contributed by atoms with Crippen molar-refractivity contribution >= 4 is 11.6 Å². The predicted molar refractivity (Wildman–Crippen MR) is 117 cm³/mol. The van der Waals surface area contributed by atoms with Crippen molar-refractivity contribution in [3.63, 3.8) is 0 Å². The van der Waals surface area contributed by atoms with Gasteiger partial charge in [-0.15, -0.1) is 5.10 Å². The van der Waals surface area contributed by atoms with E-state index in [1.165, 1.54) is 18.3 Å². The number of carbonyl (C=O) groups is 1. The van der Waals surface area contributed by atoms with Gasteiger partial charge in [-0.05, 0) is 48.0 Å². The Morgan fingerprint density at radius 2 is 2.00 bits per heavy atom. The van der Waals surface area contributed by atoms with Gasteiger partial charge in [0, 0.05) is 18.1 Å². The van der Waals surface area contributed by atoms with Crippen molar-refractivity contribution in [2.75, 3.05) is 12.4 Å². The Hall–Kier alpha value is -4.27. The van der Waals surface area contributed by atoms with E-state index in [4.69, 9.17) is 4.74 Å². The second-order valence-electron chi connectivity index (χ2n) is 6.99. The normalized spacial score (nSPS) is 11.6.